The molecule has 0 saturated carbocycles. The van der Waals surface area contributed by atoms with Crippen molar-refractivity contribution in [2.45, 2.75) is 13.3 Å². The second-order valence-electron chi connectivity index (χ2n) is 4.37. The molecule has 3 N–H and O–H groups in total. The molecule has 20 heavy (non-hydrogen) atoms. The maximum atomic E-state index is 9.24. The number of benzene rings is 1. The van der Waals surface area contributed by atoms with Crippen molar-refractivity contribution < 1.29 is 9.63 Å². The van der Waals surface area contributed by atoms with Gasteiger partial charge in [-0.2, -0.15) is 9.36 Å². The Labute approximate surface area is 119 Å². The van der Waals surface area contributed by atoms with Crippen LogP contribution in [0.15, 0.2) is 28.8 Å². The van der Waals surface area contributed by atoms with Crippen LogP contribution in [0.5, 0.6) is 5.75 Å². The molecule has 0 aliphatic heterocycles. The van der Waals surface area contributed by atoms with Crippen LogP contribution in [0.4, 0.5) is 5.00 Å². The van der Waals surface area contributed by atoms with Gasteiger partial charge in [0.05, 0.1) is 11.3 Å². The third kappa shape index (κ3) is 2.35. The van der Waals surface area contributed by atoms with Crippen molar-refractivity contribution in [3.63, 3.8) is 0 Å². The first kappa shape index (κ1) is 12.6. The summed E-state index contributed by atoms with van der Waals surface area (Å²) in [5, 5.41) is 13.8. The molecule has 0 aliphatic carbocycles. The fourth-order valence-electron chi connectivity index (χ4n) is 1.87. The minimum Gasteiger partial charge on any atom is -0.508 e. The fourth-order valence-corrected chi connectivity index (χ4v) is 2.52. The average Bonchev–Trinajstić information content (AvgIpc) is 3.00. The van der Waals surface area contributed by atoms with Gasteiger partial charge < -0.3 is 15.4 Å². The molecular formula is C13H12N4O2S. The quantitative estimate of drug-likeness (QED) is 0.767. The number of phenolic OH excluding ortho intramolecular Hbond substituents is 1. The number of nitrogens with two attached hydrogens (primary N) is 1. The van der Waals surface area contributed by atoms with Crippen LogP contribution in [0.1, 0.15) is 17.1 Å². The summed E-state index contributed by atoms with van der Waals surface area (Å²) in [6.07, 6.45) is 0.528. The standard InChI is InChI=1S/C13H12N4O2S/c1-7-11(12(14)20-17-7)13-15-10(16-19-13)6-8-2-4-9(18)5-3-8/h2-5,18H,6,14H2,1H3. The predicted octanol–water partition coefficient (Wildman–Crippen LogP) is 2.38. The summed E-state index contributed by atoms with van der Waals surface area (Å²) in [6.45, 7) is 1.85. The average molecular weight is 288 g/mol. The molecular weight excluding hydrogens is 276 g/mol. The smallest absolute Gasteiger partial charge is 0.262 e. The Morgan fingerprint density at radius 3 is 2.70 bits per heavy atom. The predicted molar refractivity (Wildman–Crippen MR) is 75.5 cm³/mol. The fraction of sp³-hybridized carbons (Fsp3) is 0.154. The third-order valence-corrected chi connectivity index (χ3v) is 3.64. The molecule has 0 spiro atoms. The van der Waals surface area contributed by atoms with E-state index in [0.717, 1.165) is 11.3 Å². The van der Waals surface area contributed by atoms with Gasteiger partial charge in [-0.15, -0.1) is 0 Å². The Balaban J connectivity index is 1.85. The minimum absolute atomic E-state index is 0.232. The molecule has 0 atom stereocenters. The molecule has 7 heteroatoms. The van der Waals surface area contributed by atoms with Gasteiger partial charge in [-0.25, -0.2) is 0 Å². The number of phenols is 1. The number of aromatic nitrogens is 3. The van der Waals surface area contributed by atoms with Gasteiger partial charge in [0, 0.05) is 6.42 Å². The number of hydrogen-bond donors (Lipinski definition) is 2. The maximum Gasteiger partial charge on any atom is 0.262 e. The van der Waals surface area contributed by atoms with Crippen molar-refractivity contribution in [1.82, 2.24) is 14.5 Å². The zero-order valence-electron chi connectivity index (χ0n) is 10.7. The molecule has 0 radical (unpaired) electrons. The Morgan fingerprint density at radius 2 is 2.05 bits per heavy atom. The van der Waals surface area contributed by atoms with E-state index in [0.29, 0.717) is 28.7 Å². The highest BCUT2D eigenvalue weighted by Crippen LogP contribution is 2.31. The van der Waals surface area contributed by atoms with E-state index in [4.69, 9.17) is 10.3 Å². The van der Waals surface area contributed by atoms with Crippen LogP contribution >= 0.6 is 11.5 Å². The van der Waals surface area contributed by atoms with Gasteiger partial charge in [-0.1, -0.05) is 17.3 Å². The van der Waals surface area contributed by atoms with Crippen molar-refractivity contribution in [3.8, 4) is 17.2 Å². The van der Waals surface area contributed by atoms with Crippen LogP contribution in [0.2, 0.25) is 0 Å². The summed E-state index contributed by atoms with van der Waals surface area (Å²) >= 11 is 1.21. The first-order valence-electron chi connectivity index (χ1n) is 5.96. The molecule has 0 saturated heterocycles. The molecule has 102 valence electrons. The molecule has 2 heterocycles. The van der Waals surface area contributed by atoms with Crippen molar-refractivity contribution in [2.24, 2.45) is 0 Å². The molecule has 1 aromatic carbocycles. The van der Waals surface area contributed by atoms with Crippen molar-refractivity contribution in [2.75, 3.05) is 5.73 Å². The first-order valence-corrected chi connectivity index (χ1v) is 6.73. The van der Waals surface area contributed by atoms with E-state index in [1.165, 1.54) is 11.5 Å². The molecule has 0 bridgehead atoms. The lowest BCUT2D eigenvalue weighted by Crippen LogP contribution is -1.91. The number of nitrogen functional groups attached to an aromatic ring is 1. The van der Waals surface area contributed by atoms with Crippen LogP contribution in [0.25, 0.3) is 11.5 Å². The van der Waals surface area contributed by atoms with Gasteiger partial charge in [0.2, 0.25) is 0 Å². The Morgan fingerprint density at radius 1 is 1.30 bits per heavy atom. The van der Waals surface area contributed by atoms with Crippen LogP contribution in [-0.4, -0.2) is 19.6 Å². The normalized spacial score (nSPS) is 10.8. The maximum absolute atomic E-state index is 9.24. The molecule has 3 aromatic rings. The molecule has 0 aliphatic rings. The number of hydrogen-bond acceptors (Lipinski definition) is 7. The number of aryl methyl sites for hydroxylation is 1. The largest absolute Gasteiger partial charge is 0.508 e. The number of nitrogens with zero attached hydrogens (tertiary/aromatic N) is 3. The van der Waals surface area contributed by atoms with E-state index in [1.54, 1.807) is 12.1 Å². The SMILES string of the molecule is Cc1nsc(N)c1-c1nc(Cc2ccc(O)cc2)no1. The summed E-state index contributed by atoms with van der Waals surface area (Å²) in [4.78, 5) is 4.34. The minimum atomic E-state index is 0.232. The van der Waals surface area contributed by atoms with Crippen LogP contribution in [-0.2, 0) is 6.42 Å². The highest BCUT2D eigenvalue weighted by Gasteiger charge is 2.17. The van der Waals surface area contributed by atoms with Crippen LogP contribution < -0.4 is 5.73 Å². The van der Waals surface area contributed by atoms with E-state index < -0.39 is 0 Å². The Kier molecular flexibility index (Phi) is 3.11. The van der Waals surface area contributed by atoms with Crippen LogP contribution in [0, 0.1) is 6.92 Å². The van der Waals surface area contributed by atoms with E-state index in [9.17, 15) is 5.11 Å². The van der Waals surface area contributed by atoms with Crippen molar-refractivity contribution in [1.29, 1.82) is 0 Å². The third-order valence-electron chi connectivity index (χ3n) is 2.87. The van der Waals surface area contributed by atoms with Gasteiger partial charge in [-0.3, -0.25) is 0 Å². The first-order chi connectivity index (χ1) is 9.63. The molecule has 0 amide bonds. The molecule has 2 aromatic heterocycles. The van der Waals surface area contributed by atoms with Gasteiger partial charge in [-0.05, 0) is 36.2 Å². The van der Waals surface area contributed by atoms with Crippen molar-refractivity contribution >= 4 is 16.5 Å². The van der Waals surface area contributed by atoms with E-state index in [2.05, 4.69) is 14.5 Å². The lowest BCUT2D eigenvalue weighted by molar-refractivity contribution is 0.424. The molecule has 0 unspecified atom stereocenters. The number of rotatable bonds is 3. The summed E-state index contributed by atoms with van der Waals surface area (Å²) in [5.41, 5.74) is 8.33. The highest BCUT2D eigenvalue weighted by atomic mass is 32.1. The zero-order chi connectivity index (χ0) is 14.1. The summed E-state index contributed by atoms with van der Waals surface area (Å²) in [7, 11) is 0. The zero-order valence-corrected chi connectivity index (χ0v) is 11.5. The van der Waals surface area contributed by atoms with E-state index in [-0.39, 0.29) is 5.75 Å². The van der Waals surface area contributed by atoms with Gasteiger partial charge in [0.1, 0.15) is 10.8 Å². The summed E-state index contributed by atoms with van der Waals surface area (Å²) in [5.74, 6) is 1.19. The van der Waals surface area contributed by atoms with Crippen LogP contribution in [0.3, 0.4) is 0 Å². The van der Waals surface area contributed by atoms with E-state index >= 15 is 0 Å². The van der Waals surface area contributed by atoms with Gasteiger partial charge in [0.25, 0.3) is 5.89 Å². The summed E-state index contributed by atoms with van der Waals surface area (Å²) < 4.78 is 9.40. The van der Waals surface area contributed by atoms with Gasteiger partial charge in [0.15, 0.2) is 5.82 Å². The lowest BCUT2D eigenvalue weighted by Gasteiger charge is -1.96. The lowest BCUT2D eigenvalue weighted by atomic mass is 10.1. The topological polar surface area (TPSA) is 98.1 Å². The Hall–Kier alpha value is -2.41. The Bertz CT molecular complexity index is 714. The van der Waals surface area contributed by atoms with E-state index in [1.807, 2.05) is 19.1 Å². The van der Waals surface area contributed by atoms with Crippen molar-refractivity contribution in [3.05, 3.63) is 41.3 Å². The number of aromatic hydroxyl groups is 1. The molecule has 0 fully saturated rings. The van der Waals surface area contributed by atoms with Gasteiger partial charge >= 0.3 is 0 Å². The molecule has 6 nitrogen and oxygen atoms in total. The number of anilines is 1. The second kappa shape index (κ2) is 4.93. The highest BCUT2D eigenvalue weighted by molar-refractivity contribution is 7.10. The monoisotopic (exact) mass is 288 g/mol. The summed E-state index contributed by atoms with van der Waals surface area (Å²) in [6, 6.07) is 6.89. The molecule has 3 rings (SSSR count). The second-order valence-corrected chi connectivity index (χ2v) is 5.17.